The number of aryl methyl sites for hydroxylation is 1. The van der Waals surface area contributed by atoms with Crippen LogP contribution in [0.25, 0.3) is 0 Å². The molecule has 2 aromatic heterocycles. The molecule has 0 amide bonds. The molecule has 0 unspecified atom stereocenters. The number of benzene rings is 1. The second kappa shape index (κ2) is 9.20. The molecule has 3 aromatic rings. The SMILES string of the molecule is CCn1cc(CN2CCO[C@@H](c3cccc(Cc4ccccc4C(F)(F)F)n3)C2)cn1. The Morgan fingerprint density at radius 1 is 1.13 bits per heavy atom. The number of pyridine rings is 1. The van der Waals surface area contributed by atoms with E-state index in [2.05, 4.69) is 15.0 Å². The first kappa shape index (κ1) is 21.5. The highest BCUT2D eigenvalue weighted by atomic mass is 19.4. The molecule has 1 aliphatic heterocycles. The van der Waals surface area contributed by atoms with Crippen LogP contribution in [0.2, 0.25) is 0 Å². The zero-order valence-corrected chi connectivity index (χ0v) is 17.3. The summed E-state index contributed by atoms with van der Waals surface area (Å²) in [4.78, 5) is 6.93. The van der Waals surface area contributed by atoms with Crippen molar-refractivity contribution in [2.24, 2.45) is 0 Å². The molecule has 1 saturated heterocycles. The predicted octanol–water partition coefficient (Wildman–Crippen LogP) is 4.48. The fraction of sp³-hybridized carbons (Fsp3) is 0.391. The van der Waals surface area contributed by atoms with E-state index in [9.17, 15) is 13.2 Å². The van der Waals surface area contributed by atoms with Crippen molar-refractivity contribution < 1.29 is 17.9 Å². The summed E-state index contributed by atoms with van der Waals surface area (Å²) < 4.78 is 47.8. The van der Waals surface area contributed by atoms with Crippen molar-refractivity contribution in [1.82, 2.24) is 19.7 Å². The third-order valence-electron chi connectivity index (χ3n) is 5.42. The maximum Gasteiger partial charge on any atom is 0.416 e. The highest BCUT2D eigenvalue weighted by Crippen LogP contribution is 2.33. The summed E-state index contributed by atoms with van der Waals surface area (Å²) in [5, 5.41) is 4.32. The molecule has 0 spiro atoms. The smallest absolute Gasteiger partial charge is 0.369 e. The van der Waals surface area contributed by atoms with E-state index in [0.29, 0.717) is 18.8 Å². The van der Waals surface area contributed by atoms with Gasteiger partial charge in [-0.15, -0.1) is 0 Å². The van der Waals surface area contributed by atoms with Gasteiger partial charge in [0.1, 0.15) is 6.10 Å². The molecule has 0 aliphatic carbocycles. The normalized spacial score (nSPS) is 17.7. The average Bonchev–Trinajstić information content (AvgIpc) is 3.21. The van der Waals surface area contributed by atoms with E-state index in [4.69, 9.17) is 4.74 Å². The molecule has 5 nitrogen and oxygen atoms in total. The molecule has 0 N–H and O–H groups in total. The van der Waals surface area contributed by atoms with Gasteiger partial charge in [-0.3, -0.25) is 14.6 Å². The lowest BCUT2D eigenvalue weighted by Crippen LogP contribution is -2.38. The van der Waals surface area contributed by atoms with Crippen LogP contribution in [0, 0.1) is 0 Å². The van der Waals surface area contributed by atoms with Gasteiger partial charge in [-0.05, 0) is 30.7 Å². The van der Waals surface area contributed by atoms with Gasteiger partial charge in [0.05, 0.1) is 24.1 Å². The van der Waals surface area contributed by atoms with E-state index >= 15 is 0 Å². The van der Waals surface area contributed by atoms with Crippen molar-refractivity contribution in [3.63, 3.8) is 0 Å². The Morgan fingerprint density at radius 3 is 2.74 bits per heavy atom. The van der Waals surface area contributed by atoms with Crippen LogP contribution in [-0.4, -0.2) is 39.4 Å². The van der Waals surface area contributed by atoms with Crippen LogP contribution in [-0.2, 0) is 30.4 Å². The van der Waals surface area contributed by atoms with Crippen molar-refractivity contribution >= 4 is 0 Å². The number of aromatic nitrogens is 3. The third kappa shape index (κ3) is 5.32. The number of nitrogens with zero attached hydrogens (tertiary/aromatic N) is 4. The molecule has 3 heterocycles. The molecule has 1 aliphatic rings. The topological polar surface area (TPSA) is 43.2 Å². The number of alkyl halides is 3. The molecule has 31 heavy (non-hydrogen) atoms. The fourth-order valence-electron chi connectivity index (χ4n) is 3.87. The van der Waals surface area contributed by atoms with Gasteiger partial charge in [-0.1, -0.05) is 24.3 Å². The molecule has 1 aromatic carbocycles. The minimum atomic E-state index is -4.38. The number of rotatable bonds is 6. The largest absolute Gasteiger partial charge is 0.416 e. The summed E-state index contributed by atoms with van der Waals surface area (Å²) in [7, 11) is 0. The van der Waals surface area contributed by atoms with Crippen molar-refractivity contribution in [2.45, 2.75) is 38.7 Å². The van der Waals surface area contributed by atoms with Gasteiger partial charge in [0.15, 0.2) is 0 Å². The highest BCUT2D eigenvalue weighted by molar-refractivity contribution is 5.33. The molecule has 0 radical (unpaired) electrons. The lowest BCUT2D eigenvalue weighted by molar-refractivity contribution is -0.138. The van der Waals surface area contributed by atoms with Gasteiger partial charge in [0.2, 0.25) is 0 Å². The Balaban J connectivity index is 1.47. The van der Waals surface area contributed by atoms with Crippen LogP contribution in [0.1, 0.15) is 41.1 Å². The number of hydrogen-bond acceptors (Lipinski definition) is 4. The molecule has 4 rings (SSSR count). The zero-order valence-electron chi connectivity index (χ0n) is 17.3. The van der Waals surface area contributed by atoms with Gasteiger partial charge in [0.25, 0.3) is 0 Å². The Bertz CT molecular complexity index is 1020. The van der Waals surface area contributed by atoms with Gasteiger partial charge < -0.3 is 4.74 Å². The second-order valence-corrected chi connectivity index (χ2v) is 7.68. The molecule has 1 atom stereocenters. The minimum absolute atomic E-state index is 0.121. The average molecular weight is 430 g/mol. The standard InChI is InChI=1S/C23H25F3N4O/c1-2-30-15-17(13-27-30)14-29-10-11-31-22(16-29)21-9-5-7-19(28-21)12-18-6-3-4-8-20(18)23(24,25)26/h3-9,13,15,22H,2,10-12,14,16H2,1H3/t22-/m1/s1. The van der Waals surface area contributed by atoms with E-state index in [1.54, 1.807) is 12.1 Å². The Kier molecular flexibility index (Phi) is 6.38. The molecular weight excluding hydrogens is 405 g/mol. The Labute approximate surface area is 179 Å². The maximum absolute atomic E-state index is 13.3. The monoisotopic (exact) mass is 430 g/mol. The summed E-state index contributed by atoms with van der Waals surface area (Å²) in [6, 6.07) is 11.1. The van der Waals surface area contributed by atoms with Crippen molar-refractivity contribution in [3.05, 3.63) is 82.9 Å². The first-order chi connectivity index (χ1) is 14.9. The summed E-state index contributed by atoms with van der Waals surface area (Å²) in [5.74, 6) is 0. The van der Waals surface area contributed by atoms with Crippen LogP contribution in [0.15, 0.2) is 54.9 Å². The van der Waals surface area contributed by atoms with Gasteiger partial charge in [-0.25, -0.2) is 0 Å². The van der Waals surface area contributed by atoms with Crippen molar-refractivity contribution in [2.75, 3.05) is 19.7 Å². The summed E-state index contributed by atoms with van der Waals surface area (Å²) >= 11 is 0. The quantitative estimate of drug-likeness (QED) is 0.578. The Morgan fingerprint density at radius 2 is 1.97 bits per heavy atom. The van der Waals surface area contributed by atoms with Crippen LogP contribution < -0.4 is 0 Å². The van der Waals surface area contributed by atoms with Gasteiger partial charge in [-0.2, -0.15) is 18.3 Å². The van der Waals surface area contributed by atoms with E-state index in [1.165, 1.54) is 12.1 Å². The van der Waals surface area contributed by atoms with Crippen molar-refractivity contribution in [3.8, 4) is 0 Å². The van der Waals surface area contributed by atoms with E-state index in [-0.39, 0.29) is 18.1 Å². The molecule has 164 valence electrons. The predicted molar refractivity (Wildman–Crippen MR) is 110 cm³/mol. The summed E-state index contributed by atoms with van der Waals surface area (Å²) in [6.45, 7) is 5.72. The first-order valence-electron chi connectivity index (χ1n) is 10.4. The lowest BCUT2D eigenvalue weighted by Gasteiger charge is -2.32. The van der Waals surface area contributed by atoms with E-state index in [0.717, 1.165) is 37.0 Å². The first-order valence-corrected chi connectivity index (χ1v) is 10.4. The Hall–Kier alpha value is -2.71. The minimum Gasteiger partial charge on any atom is -0.369 e. The fourth-order valence-corrected chi connectivity index (χ4v) is 3.87. The van der Waals surface area contributed by atoms with Gasteiger partial charge >= 0.3 is 6.18 Å². The van der Waals surface area contributed by atoms with Gasteiger partial charge in [0, 0.05) is 50.1 Å². The second-order valence-electron chi connectivity index (χ2n) is 7.68. The highest BCUT2D eigenvalue weighted by Gasteiger charge is 2.33. The van der Waals surface area contributed by atoms with Crippen LogP contribution in [0.5, 0.6) is 0 Å². The van der Waals surface area contributed by atoms with Crippen molar-refractivity contribution in [1.29, 1.82) is 0 Å². The number of ether oxygens (including phenoxy) is 1. The third-order valence-corrected chi connectivity index (χ3v) is 5.42. The molecule has 8 heteroatoms. The number of morpholine rings is 1. The zero-order chi connectivity index (χ0) is 21.8. The van der Waals surface area contributed by atoms with Crippen LogP contribution >= 0.6 is 0 Å². The summed E-state index contributed by atoms with van der Waals surface area (Å²) in [5.41, 5.74) is 2.09. The summed E-state index contributed by atoms with van der Waals surface area (Å²) in [6.07, 6.45) is -0.553. The van der Waals surface area contributed by atoms with E-state index in [1.807, 2.05) is 36.1 Å². The number of halogens is 3. The molecule has 0 bridgehead atoms. The van der Waals surface area contributed by atoms with Crippen LogP contribution in [0.4, 0.5) is 13.2 Å². The van der Waals surface area contributed by atoms with Crippen LogP contribution in [0.3, 0.4) is 0 Å². The lowest BCUT2D eigenvalue weighted by atomic mass is 10.0. The maximum atomic E-state index is 13.3. The van der Waals surface area contributed by atoms with E-state index < -0.39 is 11.7 Å². The molecular formula is C23H25F3N4O. The molecule has 1 fully saturated rings. The number of hydrogen-bond donors (Lipinski definition) is 0. The molecule has 0 saturated carbocycles.